The molecule has 3 aromatic rings. The van der Waals surface area contributed by atoms with Crippen LogP contribution in [0, 0.1) is 23.2 Å². The van der Waals surface area contributed by atoms with Crippen molar-refractivity contribution in [1.29, 1.82) is 0 Å². The van der Waals surface area contributed by atoms with Crippen molar-refractivity contribution in [3.63, 3.8) is 0 Å². The van der Waals surface area contributed by atoms with Crippen molar-refractivity contribution in [1.82, 2.24) is 35.1 Å². The first-order valence-electron chi connectivity index (χ1n) is 21.8. The molecular weight excluding hydrogens is 717 g/mol. The molecule has 1 amide bonds. The van der Waals surface area contributed by atoms with E-state index in [0.29, 0.717) is 30.9 Å². The van der Waals surface area contributed by atoms with Gasteiger partial charge in [-0.2, -0.15) is 0 Å². The molecule has 6 fully saturated rings. The van der Waals surface area contributed by atoms with Crippen LogP contribution in [0.1, 0.15) is 122 Å². The normalized spacial score (nSPS) is 24.3. The zero-order valence-corrected chi connectivity index (χ0v) is 34.9. The van der Waals surface area contributed by atoms with Gasteiger partial charge in [-0.25, -0.2) is 19.9 Å². The van der Waals surface area contributed by atoms with Crippen LogP contribution < -0.4 is 10.6 Å². The summed E-state index contributed by atoms with van der Waals surface area (Å²) in [7, 11) is 0. The Morgan fingerprint density at radius 1 is 0.786 bits per heavy atom. The lowest BCUT2D eigenvalue weighted by atomic mass is 9.48. The Hall–Kier alpha value is -3.41. The van der Waals surface area contributed by atoms with Crippen LogP contribution in [0.15, 0.2) is 60.0 Å². The van der Waals surface area contributed by atoms with Crippen molar-refractivity contribution in [2.24, 2.45) is 23.2 Å². The lowest BCUT2D eigenvalue weighted by Crippen LogP contribution is -2.50. The zero-order valence-electron chi connectivity index (χ0n) is 34.1. The van der Waals surface area contributed by atoms with E-state index >= 15 is 0 Å². The minimum Gasteiger partial charge on any atom is -0.368 e. The van der Waals surface area contributed by atoms with E-state index in [1.165, 1.54) is 84.0 Å². The Kier molecular flexibility index (Phi) is 16.5. The van der Waals surface area contributed by atoms with E-state index in [1.807, 2.05) is 50.4 Å². The van der Waals surface area contributed by atoms with Crippen molar-refractivity contribution in [3.05, 3.63) is 71.9 Å². The van der Waals surface area contributed by atoms with Crippen LogP contribution in [-0.2, 0) is 17.6 Å². The molecule has 1 aromatic carbocycles. The van der Waals surface area contributed by atoms with Crippen molar-refractivity contribution in [2.75, 3.05) is 57.0 Å². The second kappa shape index (κ2) is 21.9. The predicted molar refractivity (Wildman–Crippen MR) is 231 cm³/mol. The molecule has 0 radical (unpaired) electrons. The van der Waals surface area contributed by atoms with Crippen LogP contribution in [0.2, 0.25) is 0 Å². The number of Topliss-reactive ketones (excluding diaryl/α,β-unsaturated/α-hetero) is 1. The average Bonchev–Trinajstić information content (AvgIpc) is 3.23. The summed E-state index contributed by atoms with van der Waals surface area (Å²) in [5, 5.41) is 6.92. The molecule has 4 bridgehead atoms. The van der Waals surface area contributed by atoms with Crippen molar-refractivity contribution >= 4 is 29.3 Å². The molecular formula is C45H70N8O2S. The van der Waals surface area contributed by atoms with E-state index in [4.69, 9.17) is 4.98 Å². The fourth-order valence-electron chi connectivity index (χ4n) is 9.91. The minimum absolute atomic E-state index is 0. The number of nitrogens with zero attached hydrogens (tertiary/aromatic N) is 6. The van der Waals surface area contributed by atoms with Crippen LogP contribution in [0.5, 0.6) is 0 Å². The summed E-state index contributed by atoms with van der Waals surface area (Å²) >= 11 is 1.68. The van der Waals surface area contributed by atoms with E-state index in [1.54, 1.807) is 30.1 Å². The SMILES string of the molecule is CC.O=C(Cc1ccnc(CCCN2CCCCC2)n1)C12CC3CC(CC(C3)C1)C2.O=C(NCCNc1ccnc(SCN2CCCCC2)n1)c1ccccc1.[HH].[HH]. The molecule has 0 spiro atoms. The molecule has 56 heavy (non-hydrogen) atoms. The van der Waals surface area contributed by atoms with E-state index in [9.17, 15) is 9.59 Å². The van der Waals surface area contributed by atoms with Gasteiger partial charge < -0.3 is 15.5 Å². The van der Waals surface area contributed by atoms with Gasteiger partial charge >= 0.3 is 0 Å². The minimum atomic E-state index is -0.0622. The Morgan fingerprint density at radius 3 is 2.11 bits per heavy atom. The molecule has 4 heterocycles. The van der Waals surface area contributed by atoms with E-state index in [2.05, 4.69) is 35.4 Å². The number of likely N-dealkylation sites (tertiary alicyclic amines) is 2. The summed E-state index contributed by atoms with van der Waals surface area (Å²) < 4.78 is 0. The molecule has 0 unspecified atom stereocenters. The van der Waals surface area contributed by atoms with Crippen LogP contribution in [0.25, 0.3) is 0 Å². The topological polar surface area (TPSA) is 116 Å². The maximum Gasteiger partial charge on any atom is 0.251 e. The molecule has 2 saturated heterocycles. The monoisotopic (exact) mass is 787 g/mol. The number of carbonyl (C=O) groups is 2. The molecule has 0 atom stereocenters. The molecule has 2 N–H and O–H groups in total. The number of piperidine rings is 2. The number of anilines is 1. The molecule has 9 rings (SSSR count). The predicted octanol–water partition coefficient (Wildman–Crippen LogP) is 8.60. The highest BCUT2D eigenvalue weighted by Crippen LogP contribution is 2.60. The number of ketones is 1. The molecule has 2 aromatic heterocycles. The van der Waals surface area contributed by atoms with Crippen LogP contribution in [0.3, 0.4) is 0 Å². The molecule has 4 aliphatic carbocycles. The summed E-state index contributed by atoms with van der Waals surface area (Å²) in [4.78, 5) is 48.5. The smallest absolute Gasteiger partial charge is 0.251 e. The van der Waals surface area contributed by atoms with Gasteiger partial charge in [0, 0.05) is 52.2 Å². The largest absolute Gasteiger partial charge is 0.368 e. The third-order valence-electron chi connectivity index (χ3n) is 12.3. The van der Waals surface area contributed by atoms with Crippen molar-refractivity contribution in [2.45, 2.75) is 115 Å². The van der Waals surface area contributed by atoms with E-state index in [0.717, 1.165) is 84.8 Å². The molecule has 2 aliphatic heterocycles. The Morgan fingerprint density at radius 2 is 1.43 bits per heavy atom. The first kappa shape index (κ1) is 42.2. The first-order chi connectivity index (χ1) is 27.5. The molecule has 6 aliphatic rings. The Bertz CT molecular complexity index is 1620. The molecule has 4 saturated carbocycles. The molecule has 308 valence electrons. The van der Waals surface area contributed by atoms with Gasteiger partial charge in [0.2, 0.25) is 0 Å². The van der Waals surface area contributed by atoms with Gasteiger partial charge in [-0.3, -0.25) is 14.5 Å². The number of hydrogen-bond acceptors (Lipinski definition) is 10. The number of hydrogen-bond donors (Lipinski definition) is 2. The highest BCUT2D eigenvalue weighted by Gasteiger charge is 2.54. The Labute approximate surface area is 343 Å². The van der Waals surface area contributed by atoms with Gasteiger partial charge in [0.05, 0.1) is 11.6 Å². The number of benzene rings is 1. The lowest BCUT2D eigenvalue weighted by Gasteiger charge is -2.56. The van der Waals surface area contributed by atoms with Gasteiger partial charge in [-0.15, -0.1) is 0 Å². The van der Waals surface area contributed by atoms with E-state index in [-0.39, 0.29) is 14.2 Å². The number of nitrogens with one attached hydrogen (secondary N) is 2. The third-order valence-corrected chi connectivity index (χ3v) is 13.2. The standard InChI is InChI=1S/C24H35N3O.C19H25N5OS.C2H6.2H2/c28-22(24-15-18-11-19(16-24)13-20(12-18)17-24)14-21-6-7-25-23(26-21)5-4-10-27-8-2-1-3-9-27;25-18(16-7-3-1-4-8-16)21-12-11-20-17-9-10-22-19(23-17)26-15-24-13-5-2-6-14-24;1-2;;/h6-7,18-20H,1-5,8-17H2;1,3-4,7-10H,2,5-6,11-15H2,(H,21,25)(H,20,22,23);1-2H3;2*1H. The summed E-state index contributed by atoms with van der Waals surface area (Å²) in [6.45, 7) is 11.2. The highest BCUT2D eigenvalue weighted by molar-refractivity contribution is 7.99. The van der Waals surface area contributed by atoms with E-state index < -0.39 is 0 Å². The Balaban J connectivity index is 0.000000239. The number of aryl methyl sites for hydroxylation is 1. The summed E-state index contributed by atoms with van der Waals surface area (Å²) in [6.07, 6.45) is 21.9. The summed E-state index contributed by atoms with van der Waals surface area (Å²) in [5.74, 6) is 5.54. The highest BCUT2D eigenvalue weighted by atomic mass is 32.2. The first-order valence-corrected chi connectivity index (χ1v) is 22.8. The summed E-state index contributed by atoms with van der Waals surface area (Å²) in [6, 6.07) is 13.0. The van der Waals surface area contributed by atoms with Crippen LogP contribution in [-0.4, -0.2) is 93.1 Å². The average molecular weight is 787 g/mol. The van der Waals surface area contributed by atoms with Gasteiger partial charge in [0.1, 0.15) is 17.4 Å². The van der Waals surface area contributed by atoms with Gasteiger partial charge in [-0.1, -0.05) is 56.7 Å². The summed E-state index contributed by atoms with van der Waals surface area (Å²) in [5.41, 5.74) is 1.61. The number of amides is 1. The number of carbonyl (C=O) groups excluding carboxylic acids is 2. The fourth-order valence-corrected chi connectivity index (χ4v) is 10.8. The lowest BCUT2D eigenvalue weighted by molar-refractivity contribution is -0.143. The van der Waals surface area contributed by atoms with Crippen LogP contribution in [0.4, 0.5) is 5.82 Å². The maximum absolute atomic E-state index is 13.3. The third kappa shape index (κ3) is 12.5. The van der Waals surface area contributed by atoms with Crippen LogP contribution >= 0.6 is 11.8 Å². The second-order valence-electron chi connectivity index (χ2n) is 16.5. The molecule has 11 heteroatoms. The maximum atomic E-state index is 13.3. The quantitative estimate of drug-likeness (QED) is 0.0882. The van der Waals surface area contributed by atoms with Crippen molar-refractivity contribution in [3.8, 4) is 0 Å². The number of thioether (sulfide) groups is 1. The molecule has 10 nitrogen and oxygen atoms in total. The van der Waals surface area contributed by atoms with Crippen molar-refractivity contribution < 1.29 is 12.4 Å². The van der Waals surface area contributed by atoms with Gasteiger partial charge in [-0.05, 0) is 145 Å². The fraction of sp³-hybridized carbons (Fsp3) is 0.644. The number of rotatable bonds is 15. The van der Waals surface area contributed by atoms with Gasteiger partial charge in [0.25, 0.3) is 5.91 Å². The second-order valence-corrected chi connectivity index (χ2v) is 17.4. The number of aromatic nitrogens is 4. The zero-order chi connectivity index (χ0) is 39.0. The van der Waals surface area contributed by atoms with Gasteiger partial charge in [0.15, 0.2) is 5.16 Å².